The molecule has 0 aliphatic heterocycles. The molecule has 6 N–H and O–H groups in total. The van der Waals surface area contributed by atoms with Crippen molar-refractivity contribution in [2.45, 2.75) is 39.9 Å². The lowest BCUT2D eigenvalue weighted by molar-refractivity contribution is -0.676. The van der Waals surface area contributed by atoms with Gasteiger partial charge in [0.25, 0.3) is 11.7 Å². The molecule has 2 amide bonds. The highest BCUT2D eigenvalue weighted by atomic mass is 35.5. The third-order valence-electron chi connectivity index (χ3n) is 5.84. The van der Waals surface area contributed by atoms with Gasteiger partial charge in [-0.05, 0) is 45.0 Å². The van der Waals surface area contributed by atoms with E-state index in [4.69, 9.17) is 11.5 Å². The first-order valence-electron chi connectivity index (χ1n) is 11.4. The molecule has 4 rings (SSSR count). The number of amides is 2. The van der Waals surface area contributed by atoms with Gasteiger partial charge in [-0.25, -0.2) is 19.1 Å². The maximum Gasteiger partial charge on any atom is 0.277 e. The number of hydrogen-bond acceptors (Lipinski definition) is 6. The molecule has 3 aromatic heterocycles. The molecule has 11 nitrogen and oxygen atoms in total. The first kappa shape index (κ1) is 28.8. The molecule has 0 saturated carbocycles. The molecule has 0 unspecified atom stereocenters. The fraction of sp³-hybridized carbons (Fsp3) is 0.348. The number of H-pyrrole nitrogens is 1. The van der Waals surface area contributed by atoms with E-state index < -0.39 is 0 Å². The fourth-order valence-electron chi connectivity index (χ4n) is 4.22. The highest BCUT2D eigenvalue weighted by Gasteiger charge is 2.27. The first-order valence-corrected chi connectivity index (χ1v) is 11.4. The summed E-state index contributed by atoms with van der Waals surface area (Å²) >= 11 is 0. The molecule has 194 valence electrons. The van der Waals surface area contributed by atoms with Crippen molar-refractivity contribution in [2.24, 2.45) is 5.73 Å². The van der Waals surface area contributed by atoms with Crippen LogP contribution in [0.1, 0.15) is 36.5 Å². The maximum absolute atomic E-state index is 12.6. The van der Waals surface area contributed by atoms with Crippen molar-refractivity contribution >= 4 is 58.6 Å². The summed E-state index contributed by atoms with van der Waals surface area (Å²) in [5.41, 5.74) is 15.3. The van der Waals surface area contributed by atoms with E-state index in [9.17, 15) is 9.59 Å². The van der Waals surface area contributed by atoms with E-state index in [0.29, 0.717) is 55.1 Å². The van der Waals surface area contributed by atoms with Gasteiger partial charge in [-0.15, -0.1) is 12.4 Å². The molecule has 0 aliphatic carbocycles. The molecular formula is C23H31Cl2N9O2. The van der Waals surface area contributed by atoms with Gasteiger partial charge < -0.3 is 34.2 Å². The number of anilines is 2. The van der Waals surface area contributed by atoms with Crippen molar-refractivity contribution in [1.29, 1.82) is 0 Å². The second-order valence-corrected chi connectivity index (χ2v) is 7.88. The summed E-state index contributed by atoms with van der Waals surface area (Å²) in [4.78, 5) is 38.0. The number of carbonyl (C=O) groups excluding carboxylic acids is 2. The molecule has 0 aliphatic rings. The molecule has 0 saturated heterocycles. The van der Waals surface area contributed by atoms with Gasteiger partial charge in [0.2, 0.25) is 6.41 Å². The molecule has 0 fully saturated rings. The van der Waals surface area contributed by atoms with Crippen molar-refractivity contribution in [3.05, 3.63) is 41.9 Å². The molecule has 1 aromatic carbocycles. The van der Waals surface area contributed by atoms with E-state index >= 15 is 0 Å². The Balaban J connectivity index is 0.00000228. The zero-order valence-electron chi connectivity index (χ0n) is 20.2. The van der Waals surface area contributed by atoms with Gasteiger partial charge in [0.05, 0.1) is 13.1 Å². The van der Waals surface area contributed by atoms with Crippen molar-refractivity contribution < 1.29 is 26.6 Å². The van der Waals surface area contributed by atoms with Gasteiger partial charge in [0.1, 0.15) is 12.1 Å². The Hall–Kier alpha value is -3.41. The summed E-state index contributed by atoms with van der Waals surface area (Å²) in [7, 11) is 0. The van der Waals surface area contributed by atoms with Gasteiger partial charge in [-0.3, -0.25) is 14.5 Å². The highest BCUT2D eigenvalue weighted by molar-refractivity contribution is 5.97. The van der Waals surface area contributed by atoms with Crippen LogP contribution in [0.15, 0.2) is 30.5 Å². The van der Waals surface area contributed by atoms with Crippen LogP contribution in [0.3, 0.4) is 0 Å². The standard InChI is InChI=1S/C23H29N9O2.2ClH/c1-3-31-17-7-6-15(23(34)27-10-5-9-24)12-18(17)32(4-2)19(31)13-30(14-33)22-20(25)29-21-16(28-22)8-11-26-21;;/h6-8,11-12,14H,3-5,9-10,13,24H2,1-2H3,(H3-,25,26,27,28,29,34);2*1H. The Morgan fingerprint density at radius 2 is 2.06 bits per heavy atom. The maximum atomic E-state index is 12.6. The third kappa shape index (κ3) is 5.38. The number of benzene rings is 1. The summed E-state index contributed by atoms with van der Waals surface area (Å²) in [6, 6.07) is 7.43. The number of nitrogens with one attached hydrogen (secondary N) is 2. The summed E-state index contributed by atoms with van der Waals surface area (Å²) < 4.78 is 4.23. The van der Waals surface area contributed by atoms with Gasteiger partial charge in [0, 0.05) is 24.4 Å². The van der Waals surface area contributed by atoms with Crippen LogP contribution < -0.4 is 38.7 Å². The van der Waals surface area contributed by atoms with Crippen molar-refractivity contribution in [1.82, 2.24) is 24.8 Å². The average molecular weight is 536 g/mol. The number of carbonyl (C=O) groups is 2. The number of imidazole rings is 1. The average Bonchev–Trinajstić information content (AvgIpc) is 3.42. The van der Waals surface area contributed by atoms with Crippen LogP contribution in [-0.4, -0.2) is 44.9 Å². The quantitative estimate of drug-likeness (QED) is 0.110. The topological polar surface area (TPSA) is 152 Å². The molecule has 3 heterocycles. The smallest absolute Gasteiger partial charge is 0.277 e. The minimum atomic E-state index is -0.138. The predicted octanol–water partition coefficient (Wildman–Crippen LogP) is -1.51. The van der Waals surface area contributed by atoms with Gasteiger partial charge in [-0.1, -0.05) is 0 Å². The van der Waals surface area contributed by atoms with Crippen LogP contribution in [0.25, 0.3) is 22.2 Å². The van der Waals surface area contributed by atoms with Crippen molar-refractivity contribution in [3.63, 3.8) is 0 Å². The van der Waals surface area contributed by atoms with Crippen molar-refractivity contribution in [2.75, 3.05) is 23.7 Å². The van der Waals surface area contributed by atoms with Crippen LogP contribution >= 0.6 is 12.4 Å². The Labute approximate surface area is 221 Å². The summed E-state index contributed by atoms with van der Waals surface area (Å²) in [5, 5.41) is 2.90. The lowest BCUT2D eigenvalue weighted by atomic mass is 10.2. The van der Waals surface area contributed by atoms with Crippen LogP contribution in [0.4, 0.5) is 11.6 Å². The summed E-state index contributed by atoms with van der Waals surface area (Å²) in [6.45, 7) is 6.71. The molecule has 13 heteroatoms. The van der Waals surface area contributed by atoms with E-state index in [1.54, 1.807) is 12.3 Å². The van der Waals surface area contributed by atoms with Crippen molar-refractivity contribution in [3.8, 4) is 0 Å². The number of fused-ring (bicyclic) bond motifs is 2. The normalized spacial score (nSPS) is 10.6. The number of nitrogens with two attached hydrogens (primary N) is 2. The first-order chi connectivity index (χ1) is 16.5. The predicted molar refractivity (Wildman–Crippen MR) is 137 cm³/mol. The minimum Gasteiger partial charge on any atom is -1.00 e. The van der Waals surface area contributed by atoms with Crippen LogP contribution in [-0.2, 0) is 24.4 Å². The molecular weight excluding hydrogens is 505 g/mol. The second-order valence-electron chi connectivity index (χ2n) is 7.88. The Morgan fingerprint density at radius 3 is 2.72 bits per heavy atom. The number of aryl methyl sites for hydroxylation is 2. The lowest BCUT2D eigenvalue weighted by Crippen LogP contribution is -3.00. The monoisotopic (exact) mass is 535 g/mol. The minimum absolute atomic E-state index is 0. The number of hydrogen-bond donors (Lipinski definition) is 4. The number of rotatable bonds is 10. The van der Waals surface area contributed by atoms with Gasteiger partial charge in [-0.2, -0.15) is 0 Å². The van der Waals surface area contributed by atoms with E-state index in [1.807, 2.05) is 32.0 Å². The number of nitrogen functional groups attached to an aromatic ring is 1. The molecule has 0 atom stereocenters. The molecule has 4 aromatic rings. The molecule has 0 radical (unpaired) electrons. The number of nitrogens with zero attached hydrogens (tertiary/aromatic N) is 5. The fourth-order valence-corrected chi connectivity index (χ4v) is 4.22. The highest BCUT2D eigenvalue weighted by Crippen LogP contribution is 2.24. The molecule has 0 bridgehead atoms. The number of aromatic nitrogens is 5. The van der Waals surface area contributed by atoms with E-state index in [2.05, 4.69) is 29.4 Å². The SMILES string of the molecule is CCn1c(CN(C=O)c2nc3cc[nH]c3nc2N)[n+](CC)c2ccc(C(=O)NCCCN)cc21.Cl.[Cl-]. The summed E-state index contributed by atoms with van der Waals surface area (Å²) in [6.07, 6.45) is 3.16. The lowest BCUT2D eigenvalue weighted by Gasteiger charge is -2.16. The van der Waals surface area contributed by atoms with Crippen LogP contribution in [0.2, 0.25) is 0 Å². The Morgan fingerprint density at radius 1 is 1.28 bits per heavy atom. The van der Waals surface area contributed by atoms with Crippen LogP contribution in [0, 0.1) is 0 Å². The Bertz CT molecular complexity index is 1350. The zero-order chi connectivity index (χ0) is 24.2. The molecule has 0 spiro atoms. The summed E-state index contributed by atoms with van der Waals surface area (Å²) in [5.74, 6) is 1.22. The van der Waals surface area contributed by atoms with Gasteiger partial charge in [0.15, 0.2) is 28.3 Å². The van der Waals surface area contributed by atoms with Gasteiger partial charge >= 0.3 is 0 Å². The number of halogens is 2. The van der Waals surface area contributed by atoms with E-state index in [0.717, 1.165) is 23.3 Å². The zero-order valence-corrected chi connectivity index (χ0v) is 21.8. The van der Waals surface area contributed by atoms with E-state index in [-0.39, 0.29) is 43.1 Å². The Kier molecular flexibility index (Phi) is 10.0. The van der Waals surface area contributed by atoms with Crippen LogP contribution in [0.5, 0.6) is 0 Å². The largest absolute Gasteiger partial charge is 1.00 e. The number of aromatic amines is 1. The third-order valence-corrected chi connectivity index (χ3v) is 5.84. The second kappa shape index (κ2) is 12.5. The van der Waals surface area contributed by atoms with E-state index in [1.165, 1.54) is 4.90 Å². The molecule has 36 heavy (non-hydrogen) atoms.